The molecule has 0 N–H and O–H groups in total. The van der Waals surface area contributed by atoms with Gasteiger partial charge in [-0.2, -0.15) is 0 Å². The van der Waals surface area contributed by atoms with Gasteiger partial charge >= 0.3 is 5.97 Å². The van der Waals surface area contributed by atoms with E-state index in [1.54, 1.807) is 0 Å². The van der Waals surface area contributed by atoms with Crippen molar-refractivity contribution < 1.29 is 9.53 Å². The highest BCUT2D eigenvalue weighted by Crippen LogP contribution is 2.13. The molecule has 0 saturated heterocycles. The van der Waals surface area contributed by atoms with Gasteiger partial charge in [0.05, 0.1) is 6.10 Å². The fourth-order valence-corrected chi connectivity index (χ4v) is 2.79. The summed E-state index contributed by atoms with van der Waals surface area (Å²) in [5.41, 5.74) is 0. The van der Waals surface area contributed by atoms with Crippen molar-refractivity contribution in [3.63, 3.8) is 0 Å². The average Bonchev–Trinajstić information content (AvgIpc) is 2.43. The molecule has 0 amide bonds. The largest absolute Gasteiger partial charge is 0.463 e. The first-order valence-corrected chi connectivity index (χ1v) is 9.34. The van der Waals surface area contributed by atoms with E-state index in [1.165, 1.54) is 90.4 Å². The molecule has 0 aromatic rings. The Kier molecular flexibility index (Phi) is 15.5. The van der Waals surface area contributed by atoms with E-state index < -0.39 is 0 Å². The molecule has 0 saturated carbocycles. The zero-order valence-corrected chi connectivity index (χ0v) is 14.8. The molecule has 2 nitrogen and oxygen atoms in total. The summed E-state index contributed by atoms with van der Waals surface area (Å²) in [5, 5.41) is 0. The van der Waals surface area contributed by atoms with Gasteiger partial charge in [0, 0.05) is 6.92 Å². The molecule has 0 aromatic carbocycles. The Morgan fingerprint density at radius 3 is 1.52 bits per heavy atom. The van der Waals surface area contributed by atoms with Crippen LogP contribution in [0.25, 0.3) is 0 Å². The average molecular weight is 299 g/mol. The van der Waals surface area contributed by atoms with Crippen LogP contribution in [-0.2, 0) is 9.53 Å². The van der Waals surface area contributed by atoms with Gasteiger partial charge in [-0.15, -0.1) is 0 Å². The second kappa shape index (κ2) is 15.9. The first kappa shape index (κ1) is 20.5. The topological polar surface area (TPSA) is 26.3 Å². The van der Waals surface area contributed by atoms with Gasteiger partial charge in [-0.3, -0.25) is 4.79 Å². The van der Waals surface area contributed by atoms with Crippen LogP contribution >= 0.6 is 0 Å². The second-order valence-corrected chi connectivity index (χ2v) is 6.45. The molecular formula is C19H38O2. The Balaban J connectivity index is 3.07. The quantitative estimate of drug-likeness (QED) is 0.257. The van der Waals surface area contributed by atoms with Gasteiger partial charge in [0.2, 0.25) is 0 Å². The highest BCUT2D eigenvalue weighted by Gasteiger charge is 2.04. The van der Waals surface area contributed by atoms with Crippen LogP contribution in [0.5, 0.6) is 0 Å². The Morgan fingerprint density at radius 2 is 1.14 bits per heavy atom. The maximum atomic E-state index is 10.8. The lowest BCUT2D eigenvalue weighted by molar-refractivity contribution is -0.145. The first-order chi connectivity index (χ1) is 10.2. The number of rotatable bonds is 15. The summed E-state index contributed by atoms with van der Waals surface area (Å²) in [7, 11) is 0. The van der Waals surface area contributed by atoms with E-state index in [0.717, 1.165) is 6.42 Å². The molecule has 2 heteroatoms. The summed E-state index contributed by atoms with van der Waals surface area (Å²) in [5.74, 6) is -0.155. The molecule has 21 heavy (non-hydrogen) atoms. The van der Waals surface area contributed by atoms with E-state index in [2.05, 4.69) is 6.92 Å². The number of esters is 1. The summed E-state index contributed by atoms with van der Waals surface area (Å²) < 4.78 is 5.12. The summed E-state index contributed by atoms with van der Waals surface area (Å²) in [4.78, 5) is 10.8. The lowest BCUT2D eigenvalue weighted by Gasteiger charge is -2.11. The van der Waals surface area contributed by atoms with Crippen LogP contribution in [0, 0.1) is 0 Å². The van der Waals surface area contributed by atoms with E-state index >= 15 is 0 Å². The van der Waals surface area contributed by atoms with Crippen LogP contribution in [-0.4, -0.2) is 12.1 Å². The zero-order valence-electron chi connectivity index (χ0n) is 14.8. The van der Waals surface area contributed by atoms with Crippen molar-refractivity contribution in [1.29, 1.82) is 0 Å². The van der Waals surface area contributed by atoms with Crippen molar-refractivity contribution >= 4 is 5.97 Å². The molecule has 0 spiro atoms. The molecule has 0 aromatic heterocycles. The fraction of sp³-hybridized carbons (Fsp3) is 0.947. The van der Waals surface area contributed by atoms with Crippen LogP contribution in [0.3, 0.4) is 0 Å². The van der Waals surface area contributed by atoms with Crippen molar-refractivity contribution in [2.45, 2.75) is 117 Å². The van der Waals surface area contributed by atoms with Gasteiger partial charge in [-0.25, -0.2) is 0 Å². The molecule has 0 fully saturated rings. The molecule has 0 unspecified atom stereocenters. The van der Waals surface area contributed by atoms with Gasteiger partial charge < -0.3 is 4.74 Å². The van der Waals surface area contributed by atoms with Crippen molar-refractivity contribution in [1.82, 2.24) is 0 Å². The standard InChI is InChI=1S/C19H38O2/c1-4-5-6-7-8-9-10-11-12-13-14-15-16-17-18(2)21-19(3)20/h18H,4-17H2,1-3H3/t18-/m1/s1. The number of carbonyl (C=O) groups is 1. The summed E-state index contributed by atoms with van der Waals surface area (Å²) in [6, 6.07) is 0. The summed E-state index contributed by atoms with van der Waals surface area (Å²) >= 11 is 0. The molecular weight excluding hydrogens is 260 g/mol. The first-order valence-electron chi connectivity index (χ1n) is 9.34. The second-order valence-electron chi connectivity index (χ2n) is 6.45. The van der Waals surface area contributed by atoms with Crippen LogP contribution < -0.4 is 0 Å². The Bertz CT molecular complexity index is 226. The minimum atomic E-state index is -0.155. The molecule has 0 aliphatic heterocycles. The van der Waals surface area contributed by atoms with Crippen LogP contribution in [0.1, 0.15) is 111 Å². The van der Waals surface area contributed by atoms with Crippen molar-refractivity contribution in [3.8, 4) is 0 Å². The van der Waals surface area contributed by atoms with Crippen LogP contribution in [0.2, 0.25) is 0 Å². The minimum absolute atomic E-state index is 0.0928. The molecule has 0 bridgehead atoms. The number of hydrogen-bond acceptors (Lipinski definition) is 2. The normalized spacial score (nSPS) is 12.3. The van der Waals surface area contributed by atoms with Gasteiger partial charge in [-0.05, 0) is 19.8 Å². The van der Waals surface area contributed by atoms with E-state index in [0.29, 0.717) is 0 Å². The van der Waals surface area contributed by atoms with Gasteiger partial charge in [-0.1, -0.05) is 84.0 Å². The van der Waals surface area contributed by atoms with E-state index in [9.17, 15) is 4.79 Å². The number of hydrogen-bond donors (Lipinski definition) is 0. The molecule has 0 aliphatic rings. The maximum Gasteiger partial charge on any atom is 0.302 e. The van der Waals surface area contributed by atoms with E-state index in [-0.39, 0.29) is 12.1 Å². The third kappa shape index (κ3) is 17.4. The number of unbranched alkanes of at least 4 members (excludes halogenated alkanes) is 12. The maximum absolute atomic E-state index is 10.8. The smallest absolute Gasteiger partial charge is 0.302 e. The monoisotopic (exact) mass is 298 g/mol. The third-order valence-corrected chi connectivity index (χ3v) is 4.08. The lowest BCUT2D eigenvalue weighted by atomic mass is 10.0. The van der Waals surface area contributed by atoms with Crippen molar-refractivity contribution in [2.24, 2.45) is 0 Å². The van der Waals surface area contributed by atoms with E-state index in [4.69, 9.17) is 4.74 Å². The van der Waals surface area contributed by atoms with Crippen LogP contribution in [0.4, 0.5) is 0 Å². The molecule has 1 atom stereocenters. The highest BCUT2D eigenvalue weighted by atomic mass is 16.5. The SMILES string of the molecule is CCCCCCCCCCCCCCC[C@@H](C)OC(C)=O. The van der Waals surface area contributed by atoms with Gasteiger partial charge in [0.25, 0.3) is 0 Å². The van der Waals surface area contributed by atoms with Crippen molar-refractivity contribution in [2.75, 3.05) is 0 Å². The Morgan fingerprint density at radius 1 is 0.762 bits per heavy atom. The lowest BCUT2D eigenvalue weighted by Crippen LogP contribution is -2.11. The Hall–Kier alpha value is -0.530. The summed E-state index contributed by atoms with van der Waals surface area (Å²) in [6.07, 6.45) is 19.0. The Labute approximate surface area is 133 Å². The molecule has 0 heterocycles. The third-order valence-electron chi connectivity index (χ3n) is 4.08. The molecule has 0 rings (SSSR count). The molecule has 0 aliphatic carbocycles. The fourth-order valence-electron chi connectivity index (χ4n) is 2.79. The molecule has 126 valence electrons. The van der Waals surface area contributed by atoms with Crippen LogP contribution in [0.15, 0.2) is 0 Å². The predicted octanol–water partition coefficient (Wildman–Crippen LogP) is 6.42. The van der Waals surface area contributed by atoms with Crippen molar-refractivity contribution in [3.05, 3.63) is 0 Å². The summed E-state index contributed by atoms with van der Waals surface area (Å²) in [6.45, 7) is 5.75. The van der Waals surface area contributed by atoms with Gasteiger partial charge in [0.15, 0.2) is 0 Å². The minimum Gasteiger partial charge on any atom is -0.463 e. The number of ether oxygens (including phenoxy) is 1. The van der Waals surface area contributed by atoms with Gasteiger partial charge in [0.1, 0.15) is 0 Å². The molecule has 0 radical (unpaired) electrons. The van der Waals surface area contributed by atoms with E-state index in [1.807, 2.05) is 6.92 Å². The zero-order chi connectivity index (χ0) is 15.8. The number of carbonyl (C=O) groups excluding carboxylic acids is 1. The predicted molar refractivity (Wildman–Crippen MR) is 91.5 cm³/mol. The highest BCUT2D eigenvalue weighted by molar-refractivity contribution is 5.66.